The molecule has 4 nitrogen and oxygen atoms in total. The Labute approximate surface area is 120 Å². The molecular formula is C16H22N2O2. The second-order valence-electron chi connectivity index (χ2n) is 5.14. The Balaban J connectivity index is 2.01. The van der Waals surface area contributed by atoms with Gasteiger partial charge in [-0.05, 0) is 38.3 Å². The summed E-state index contributed by atoms with van der Waals surface area (Å²) in [5.41, 5.74) is 0.708. The number of nitrogens with one attached hydrogen (secondary N) is 2. The van der Waals surface area contributed by atoms with E-state index in [9.17, 15) is 4.79 Å². The van der Waals surface area contributed by atoms with Crippen molar-refractivity contribution >= 4 is 11.6 Å². The molecular weight excluding hydrogens is 252 g/mol. The third-order valence-corrected chi connectivity index (χ3v) is 3.43. The molecule has 1 fully saturated rings. The van der Waals surface area contributed by atoms with Crippen molar-refractivity contribution in [2.75, 3.05) is 11.9 Å². The van der Waals surface area contributed by atoms with Gasteiger partial charge in [0.2, 0.25) is 5.91 Å². The van der Waals surface area contributed by atoms with Crippen LogP contribution in [0, 0.1) is 0 Å². The zero-order valence-electron chi connectivity index (χ0n) is 11.9. The lowest BCUT2D eigenvalue weighted by Gasteiger charge is -2.28. The molecule has 0 aliphatic carbocycles. The number of para-hydroxylation sites is 2. The van der Waals surface area contributed by atoms with E-state index in [1.54, 1.807) is 6.08 Å². The first-order valence-electron chi connectivity index (χ1n) is 7.10. The van der Waals surface area contributed by atoms with Crippen LogP contribution in [0.5, 0.6) is 5.75 Å². The fourth-order valence-corrected chi connectivity index (χ4v) is 2.41. The molecule has 2 unspecified atom stereocenters. The number of hydrogen-bond donors (Lipinski definition) is 2. The molecule has 2 N–H and O–H groups in total. The quantitative estimate of drug-likeness (QED) is 0.812. The molecule has 4 heteroatoms. The maximum Gasteiger partial charge on any atom is 0.241 e. The predicted molar refractivity (Wildman–Crippen MR) is 81.0 cm³/mol. The highest BCUT2D eigenvalue weighted by Crippen LogP contribution is 2.24. The standard InChI is InChI=1S/C16H22N2O2/c1-3-11-20-15-10-5-4-8-13(15)18-16(19)14-9-6-7-12(2)17-14/h3-5,8,10,12,14,17H,1,6-7,9,11H2,2H3,(H,18,19). The van der Waals surface area contributed by atoms with Crippen molar-refractivity contribution in [2.45, 2.75) is 38.3 Å². The first kappa shape index (κ1) is 14.6. The van der Waals surface area contributed by atoms with E-state index in [-0.39, 0.29) is 11.9 Å². The summed E-state index contributed by atoms with van der Waals surface area (Å²) in [6.07, 6.45) is 4.78. The fourth-order valence-electron chi connectivity index (χ4n) is 2.41. The lowest BCUT2D eigenvalue weighted by molar-refractivity contribution is -0.118. The van der Waals surface area contributed by atoms with Crippen LogP contribution in [-0.4, -0.2) is 24.6 Å². The molecule has 1 aromatic rings. The van der Waals surface area contributed by atoms with Crippen molar-refractivity contribution in [1.29, 1.82) is 0 Å². The second kappa shape index (κ2) is 7.10. The molecule has 0 radical (unpaired) electrons. The molecule has 20 heavy (non-hydrogen) atoms. The van der Waals surface area contributed by atoms with Gasteiger partial charge in [0.15, 0.2) is 0 Å². The van der Waals surface area contributed by atoms with Gasteiger partial charge < -0.3 is 15.4 Å². The Morgan fingerprint density at radius 3 is 3.05 bits per heavy atom. The van der Waals surface area contributed by atoms with Gasteiger partial charge in [-0.2, -0.15) is 0 Å². The van der Waals surface area contributed by atoms with E-state index in [2.05, 4.69) is 24.1 Å². The Kier molecular flexibility index (Phi) is 5.18. The summed E-state index contributed by atoms with van der Waals surface area (Å²) in [4.78, 5) is 12.3. The maximum absolute atomic E-state index is 12.3. The van der Waals surface area contributed by atoms with Crippen molar-refractivity contribution < 1.29 is 9.53 Å². The van der Waals surface area contributed by atoms with Crippen LogP contribution in [0.15, 0.2) is 36.9 Å². The van der Waals surface area contributed by atoms with Crippen LogP contribution in [0.4, 0.5) is 5.69 Å². The Morgan fingerprint density at radius 2 is 2.30 bits per heavy atom. The topological polar surface area (TPSA) is 50.4 Å². The average Bonchev–Trinajstić information content (AvgIpc) is 2.46. The van der Waals surface area contributed by atoms with Crippen molar-refractivity contribution in [1.82, 2.24) is 5.32 Å². The second-order valence-corrected chi connectivity index (χ2v) is 5.14. The smallest absolute Gasteiger partial charge is 0.241 e. The van der Waals surface area contributed by atoms with Crippen LogP contribution in [0.25, 0.3) is 0 Å². The minimum absolute atomic E-state index is 0.00574. The van der Waals surface area contributed by atoms with Gasteiger partial charge in [-0.25, -0.2) is 0 Å². The van der Waals surface area contributed by atoms with Crippen molar-refractivity contribution in [3.8, 4) is 5.75 Å². The lowest BCUT2D eigenvalue weighted by atomic mass is 9.99. The fraction of sp³-hybridized carbons (Fsp3) is 0.438. The molecule has 1 amide bonds. The van der Waals surface area contributed by atoms with Crippen LogP contribution in [-0.2, 0) is 4.79 Å². The van der Waals surface area contributed by atoms with Gasteiger partial charge in [-0.1, -0.05) is 24.8 Å². The van der Waals surface area contributed by atoms with E-state index in [1.165, 1.54) is 0 Å². The number of anilines is 1. The number of piperidine rings is 1. The molecule has 1 heterocycles. The zero-order chi connectivity index (χ0) is 14.4. The normalized spacial score (nSPS) is 22.1. The zero-order valence-corrected chi connectivity index (χ0v) is 11.9. The summed E-state index contributed by atoms with van der Waals surface area (Å²) in [6, 6.07) is 7.74. The van der Waals surface area contributed by atoms with E-state index >= 15 is 0 Å². The summed E-state index contributed by atoms with van der Waals surface area (Å²) >= 11 is 0. The van der Waals surface area contributed by atoms with Gasteiger partial charge in [0.25, 0.3) is 0 Å². The van der Waals surface area contributed by atoms with Crippen LogP contribution < -0.4 is 15.4 Å². The van der Waals surface area contributed by atoms with Gasteiger partial charge in [0, 0.05) is 6.04 Å². The van der Waals surface area contributed by atoms with Gasteiger partial charge in [0.05, 0.1) is 11.7 Å². The Hall–Kier alpha value is -1.81. The first-order valence-corrected chi connectivity index (χ1v) is 7.10. The molecule has 0 bridgehead atoms. The molecule has 1 saturated heterocycles. The largest absolute Gasteiger partial charge is 0.487 e. The number of ether oxygens (including phenoxy) is 1. The van der Waals surface area contributed by atoms with Crippen molar-refractivity contribution in [2.24, 2.45) is 0 Å². The van der Waals surface area contributed by atoms with E-state index in [0.717, 1.165) is 19.3 Å². The summed E-state index contributed by atoms with van der Waals surface area (Å²) in [6.45, 7) is 6.16. The van der Waals surface area contributed by atoms with Crippen LogP contribution in [0.1, 0.15) is 26.2 Å². The van der Waals surface area contributed by atoms with Gasteiger partial charge in [-0.15, -0.1) is 0 Å². The molecule has 2 rings (SSSR count). The molecule has 0 saturated carbocycles. The van der Waals surface area contributed by atoms with Gasteiger partial charge in [0.1, 0.15) is 12.4 Å². The number of carbonyl (C=O) groups is 1. The highest BCUT2D eigenvalue weighted by atomic mass is 16.5. The molecule has 1 aromatic carbocycles. The summed E-state index contributed by atoms with van der Waals surface area (Å²) < 4.78 is 5.54. The van der Waals surface area contributed by atoms with E-state index in [1.807, 2.05) is 24.3 Å². The molecule has 2 atom stereocenters. The van der Waals surface area contributed by atoms with Crippen molar-refractivity contribution in [3.63, 3.8) is 0 Å². The number of rotatable bonds is 5. The first-order chi connectivity index (χ1) is 9.70. The monoisotopic (exact) mass is 274 g/mol. The van der Waals surface area contributed by atoms with Crippen LogP contribution in [0.2, 0.25) is 0 Å². The molecule has 1 aliphatic heterocycles. The summed E-state index contributed by atoms with van der Waals surface area (Å²) in [5.74, 6) is 0.677. The third kappa shape index (κ3) is 3.84. The predicted octanol–water partition coefficient (Wildman–Crippen LogP) is 2.72. The van der Waals surface area contributed by atoms with Crippen LogP contribution >= 0.6 is 0 Å². The highest BCUT2D eigenvalue weighted by Gasteiger charge is 2.24. The van der Waals surface area contributed by atoms with Gasteiger partial charge in [-0.3, -0.25) is 4.79 Å². The number of amides is 1. The molecule has 108 valence electrons. The molecule has 0 aromatic heterocycles. The number of carbonyl (C=O) groups excluding carboxylic acids is 1. The molecule has 1 aliphatic rings. The van der Waals surface area contributed by atoms with Gasteiger partial charge >= 0.3 is 0 Å². The van der Waals surface area contributed by atoms with E-state index in [4.69, 9.17) is 4.74 Å². The lowest BCUT2D eigenvalue weighted by Crippen LogP contribution is -2.47. The third-order valence-electron chi connectivity index (χ3n) is 3.43. The number of benzene rings is 1. The number of hydrogen-bond acceptors (Lipinski definition) is 3. The Bertz CT molecular complexity index is 473. The maximum atomic E-state index is 12.3. The SMILES string of the molecule is C=CCOc1ccccc1NC(=O)C1CCCC(C)N1. The van der Waals surface area contributed by atoms with Crippen molar-refractivity contribution in [3.05, 3.63) is 36.9 Å². The van der Waals surface area contributed by atoms with E-state index in [0.29, 0.717) is 24.1 Å². The van der Waals surface area contributed by atoms with E-state index < -0.39 is 0 Å². The minimum atomic E-state index is -0.119. The Morgan fingerprint density at radius 1 is 1.50 bits per heavy atom. The minimum Gasteiger partial charge on any atom is -0.487 e. The summed E-state index contributed by atoms with van der Waals surface area (Å²) in [5, 5.41) is 6.28. The average molecular weight is 274 g/mol. The van der Waals surface area contributed by atoms with Crippen LogP contribution in [0.3, 0.4) is 0 Å². The highest BCUT2D eigenvalue weighted by molar-refractivity contribution is 5.96. The molecule has 0 spiro atoms. The summed E-state index contributed by atoms with van der Waals surface area (Å²) in [7, 11) is 0.